The van der Waals surface area contributed by atoms with Crippen molar-refractivity contribution in [3.63, 3.8) is 0 Å². The molecule has 420 valence electrons. The molecule has 1 atom stereocenters. The van der Waals surface area contributed by atoms with Gasteiger partial charge in [-0.15, -0.1) is 0 Å². The second kappa shape index (κ2) is 19.3. The fourth-order valence-corrected chi connectivity index (χ4v) is 14.7. The summed E-state index contributed by atoms with van der Waals surface area (Å²) >= 11 is 0. The quantitative estimate of drug-likeness (QED) is 0.146. The summed E-state index contributed by atoms with van der Waals surface area (Å²) in [6.45, 7) is 28.5. The fraction of sp³-hybridized carbons (Fsp3) is 0.209. The summed E-state index contributed by atoms with van der Waals surface area (Å²) in [6, 6.07) is 78.5. The maximum Gasteiger partial charge on any atom is 0.00559 e. The molecule has 0 spiro atoms. The molecule has 0 saturated heterocycles. The number of allylic oxidation sites excluding steroid dienone is 4. The third-order valence-corrected chi connectivity index (χ3v) is 19.4. The van der Waals surface area contributed by atoms with Crippen LogP contribution in [-0.2, 0) is 21.7 Å². The summed E-state index contributed by atoms with van der Waals surface area (Å²) in [4.78, 5) is 0. The third kappa shape index (κ3) is 8.61. The lowest BCUT2D eigenvalue weighted by atomic mass is 9.75. The predicted molar refractivity (Wildman–Crippen MR) is 373 cm³/mol. The van der Waals surface area contributed by atoms with Gasteiger partial charge in [0.25, 0.3) is 0 Å². The van der Waals surface area contributed by atoms with Gasteiger partial charge in [0.1, 0.15) is 0 Å². The molecule has 3 aliphatic carbocycles. The van der Waals surface area contributed by atoms with E-state index in [0.29, 0.717) is 5.92 Å². The molecule has 0 radical (unpaired) electrons. The van der Waals surface area contributed by atoms with E-state index in [2.05, 4.69) is 308 Å². The van der Waals surface area contributed by atoms with Crippen LogP contribution in [0.3, 0.4) is 0 Å². The Balaban J connectivity index is 1.11. The summed E-state index contributed by atoms with van der Waals surface area (Å²) in [6.07, 6.45) is 10.1. The minimum atomic E-state index is -0.0714. The van der Waals surface area contributed by atoms with Gasteiger partial charge in [-0.2, -0.15) is 0 Å². The Morgan fingerprint density at radius 1 is 0.279 bits per heavy atom. The topological polar surface area (TPSA) is 0 Å². The van der Waals surface area contributed by atoms with E-state index in [4.69, 9.17) is 0 Å². The molecular weight excluding hydrogens is 1030 g/mol. The van der Waals surface area contributed by atoms with Crippen molar-refractivity contribution in [3.8, 4) is 100 Å². The highest BCUT2D eigenvalue weighted by Gasteiger charge is 2.38. The first-order chi connectivity index (χ1) is 41.2. The Hall–Kier alpha value is -8.84. The number of hydrogen-bond donors (Lipinski definition) is 0. The molecule has 0 bridgehead atoms. The number of benzene rings is 12. The smallest absolute Gasteiger partial charge is 0.00559 e. The van der Waals surface area contributed by atoms with Gasteiger partial charge in [-0.05, 0) is 217 Å². The van der Waals surface area contributed by atoms with Gasteiger partial charge in [-0.1, -0.05) is 289 Å². The van der Waals surface area contributed by atoms with Crippen LogP contribution in [0.25, 0.3) is 143 Å². The molecule has 0 nitrogen and oxygen atoms in total. The Morgan fingerprint density at radius 2 is 0.663 bits per heavy atom. The molecule has 86 heavy (non-hydrogen) atoms. The van der Waals surface area contributed by atoms with Gasteiger partial charge in [-0.3, -0.25) is 0 Å². The number of rotatable bonds is 6. The highest BCUT2D eigenvalue weighted by molar-refractivity contribution is 6.35. The molecule has 0 heteroatoms. The molecule has 0 aliphatic heterocycles. The minimum absolute atomic E-state index is 0.0714. The molecular formula is C86H76. The van der Waals surface area contributed by atoms with Crippen LogP contribution in [0.15, 0.2) is 224 Å². The first-order valence-electron chi connectivity index (χ1n) is 31.3. The molecule has 12 aromatic carbocycles. The van der Waals surface area contributed by atoms with E-state index < -0.39 is 0 Å². The SMILES string of the molecule is CC(C)(C)c1cc(-c2c3c(c(-c4cc(C(C)(C)C)cc(C(C)(C)C)c4)c4ccccc24)-c2ccc4c5c(ccc-3c25)-c2c-4c(-c3cccc(C4C=CC=CC4)c3)c3cc4ccccc4cc3c2-c2cccc(-c3ccccc3)c2)cc(C(C)(C)C)c1. The second-order valence-corrected chi connectivity index (χ2v) is 29.2. The van der Waals surface area contributed by atoms with Crippen molar-refractivity contribution in [1.82, 2.24) is 0 Å². The van der Waals surface area contributed by atoms with Crippen molar-refractivity contribution in [2.45, 2.75) is 117 Å². The van der Waals surface area contributed by atoms with Crippen LogP contribution in [0.2, 0.25) is 0 Å². The van der Waals surface area contributed by atoms with Crippen molar-refractivity contribution in [3.05, 3.63) is 252 Å². The van der Waals surface area contributed by atoms with E-state index in [0.717, 1.165) is 6.42 Å². The van der Waals surface area contributed by atoms with E-state index in [1.807, 2.05) is 0 Å². The van der Waals surface area contributed by atoms with E-state index in [9.17, 15) is 0 Å². The number of fused-ring (bicyclic) bond motifs is 9. The van der Waals surface area contributed by atoms with Gasteiger partial charge in [0.15, 0.2) is 0 Å². The summed E-state index contributed by atoms with van der Waals surface area (Å²) in [5, 5.41) is 10.3. The Labute approximate surface area is 509 Å². The van der Waals surface area contributed by atoms with Crippen LogP contribution >= 0.6 is 0 Å². The van der Waals surface area contributed by atoms with Crippen molar-refractivity contribution in [1.29, 1.82) is 0 Å². The van der Waals surface area contributed by atoms with E-state index in [-0.39, 0.29) is 21.7 Å². The minimum Gasteiger partial charge on any atom is -0.0836 e. The maximum absolute atomic E-state index is 2.54. The third-order valence-electron chi connectivity index (χ3n) is 19.4. The van der Waals surface area contributed by atoms with Gasteiger partial charge >= 0.3 is 0 Å². The first-order valence-corrected chi connectivity index (χ1v) is 31.3. The molecule has 0 aromatic heterocycles. The molecule has 12 aromatic rings. The van der Waals surface area contributed by atoms with Crippen LogP contribution in [0.4, 0.5) is 0 Å². The van der Waals surface area contributed by atoms with Gasteiger partial charge in [-0.25, -0.2) is 0 Å². The summed E-state index contributed by atoms with van der Waals surface area (Å²) in [7, 11) is 0. The zero-order chi connectivity index (χ0) is 59.3. The van der Waals surface area contributed by atoms with Gasteiger partial charge in [0.2, 0.25) is 0 Å². The average Bonchev–Trinajstić information content (AvgIpc) is 1.50. The Morgan fingerprint density at radius 3 is 1.09 bits per heavy atom. The van der Waals surface area contributed by atoms with Crippen LogP contribution in [-0.4, -0.2) is 0 Å². The van der Waals surface area contributed by atoms with Gasteiger partial charge in [0.05, 0.1) is 0 Å². The van der Waals surface area contributed by atoms with Crippen LogP contribution < -0.4 is 0 Å². The van der Waals surface area contributed by atoms with Crippen molar-refractivity contribution in [2.75, 3.05) is 0 Å². The zero-order valence-electron chi connectivity index (χ0n) is 52.1. The standard InChI is InChI=1S/C86H76/c1-83(2,3)61-43-59(44-62(49-61)84(4,5)6)75-65-35-21-22-36-66(65)76(60-45-63(85(7,8)9)50-64(46-60)86(10,11)12)82-70-40-38-68-77-67(37-39-69(78(70)77)81(75)82)79-73(57-33-23-31-53(41-57)51-25-15-13-16-26-51)71-47-55-29-19-20-30-56(55)48-72(71)74(80(68)79)58-34-24-32-54(42-58)52-27-17-14-18-28-52/h13-27,29-50,52H,28H2,1-12H3. The molecule has 0 N–H and O–H groups in total. The van der Waals surface area contributed by atoms with Crippen molar-refractivity contribution in [2.24, 2.45) is 0 Å². The summed E-state index contributed by atoms with van der Waals surface area (Å²) in [5.41, 5.74) is 29.8. The molecule has 1 unspecified atom stereocenters. The van der Waals surface area contributed by atoms with E-state index in [1.54, 1.807) is 0 Å². The van der Waals surface area contributed by atoms with Crippen molar-refractivity contribution >= 4 is 43.1 Å². The summed E-state index contributed by atoms with van der Waals surface area (Å²) in [5.74, 6) is 0.310. The molecule has 15 rings (SSSR count). The van der Waals surface area contributed by atoms with E-state index in [1.165, 1.54) is 171 Å². The lowest BCUT2D eigenvalue weighted by Crippen LogP contribution is -2.17. The fourth-order valence-electron chi connectivity index (χ4n) is 14.7. The summed E-state index contributed by atoms with van der Waals surface area (Å²) < 4.78 is 0. The van der Waals surface area contributed by atoms with Gasteiger partial charge < -0.3 is 0 Å². The molecule has 0 heterocycles. The predicted octanol–water partition coefficient (Wildman–Crippen LogP) is 24.7. The van der Waals surface area contributed by atoms with E-state index >= 15 is 0 Å². The molecule has 0 amide bonds. The second-order valence-electron chi connectivity index (χ2n) is 29.2. The highest BCUT2D eigenvalue weighted by atomic mass is 14.4. The molecule has 3 aliphatic rings. The van der Waals surface area contributed by atoms with Crippen molar-refractivity contribution < 1.29 is 0 Å². The Bertz CT molecular complexity index is 4710. The lowest BCUT2D eigenvalue weighted by Gasteiger charge is -2.29. The average molecular weight is 1110 g/mol. The zero-order valence-corrected chi connectivity index (χ0v) is 52.1. The monoisotopic (exact) mass is 1110 g/mol. The maximum atomic E-state index is 2.54. The van der Waals surface area contributed by atoms with Gasteiger partial charge in [0, 0.05) is 5.92 Å². The molecule has 0 saturated carbocycles. The Kier molecular flexibility index (Phi) is 12.1. The highest BCUT2D eigenvalue weighted by Crippen LogP contribution is 2.65. The van der Waals surface area contributed by atoms with Crippen LogP contribution in [0, 0.1) is 0 Å². The number of hydrogen-bond acceptors (Lipinski definition) is 0. The largest absolute Gasteiger partial charge is 0.0836 e. The van der Waals surface area contributed by atoms with Crippen LogP contribution in [0.1, 0.15) is 123 Å². The lowest BCUT2D eigenvalue weighted by molar-refractivity contribution is 0.568. The normalized spacial score (nSPS) is 14.5. The first kappa shape index (κ1) is 53.9. The molecule has 0 fully saturated rings. The van der Waals surface area contributed by atoms with Crippen LogP contribution in [0.5, 0.6) is 0 Å².